The number of anilines is 2. The van der Waals surface area contributed by atoms with Gasteiger partial charge >= 0.3 is 0 Å². The molecule has 0 amide bonds. The molecular weight excluding hydrogens is 188 g/mol. The van der Waals surface area contributed by atoms with Gasteiger partial charge in [-0.1, -0.05) is 10.3 Å². The van der Waals surface area contributed by atoms with Crippen molar-refractivity contribution in [1.82, 2.24) is 20.6 Å². The molecule has 0 aliphatic heterocycles. The lowest BCUT2D eigenvalue weighted by atomic mass is 10.5. The zero-order valence-electron chi connectivity index (χ0n) is 7.61. The minimum Gasteiger partial charge on any atom is -0.278 e. The van der Waals surface area contributed by atoms with Crippen LogP contribution in [0.3, 0.4) is 0 Å². The lowest BCUT2D eigenvalue weighted by Gasteiger charge is -2.01. The summed E-state index contributed by atoms with van der Waals surface area (Å²) in [5.41, 5.74) is 6.80. The third kappa shape index (κ3) is 1.49. The second-order valence-corrected chi connectivity index (χ2v) is 2.65. The molecule has 2 heterocycles. The van der Waals surface area contributed by atoms with Crippen LogP contribution in [-0.4, -0.2) is 20.6 Å². The van der Waals surface area contributed by atoms with Crippen molar-refractivity contribution in [3.63, 3.8) is 0 Å². The van der Waals surface area contributed by atoms with Crippen molar-refractivity contribution in [3.05, 3.63) is 11.4 Å². The van der Waals surface area contributed by atoms with E-state index >= 15 is 0 Å². The van der Waals surface area contributed by atoms with Crippen LogP contribution < -0.4 is 10.9 Å². The highest BCUT2D eigenvalue weighted by molar-refractivity contribution is 5.46. The fourth-order valence-electron chi connectivity index (χ4n) is 0.808. The van der Waals surface area contributed by atoms with E-state index in [0.717, 1.165) is 0 Å². The van der Waals surface area contributed by atoms with Gasteiger partial charge in [-0.2, -0.15) is 0 Å². The summed E-state index contributed by atoms with van der Waals surface area (Å²) in [7, 11) is 0. The Bertz CT molecular complexity index is 381. The third-order valence-corrected chi connectivity index (χ3v) is 1.60. The second kappa shape index (κ2) is 3.32. The van der Waals surface area contributed by atoms with E-state index in [1.807, 2.05) is 0 Å². The standard InChI is InChI=1S/C6H8N6O2/c1-3-5(11-13-9-3)7-8-6-4(2)10-14-12-6/h1-2H3,(H,7,11)(H,8,12). The molecular formula is C6H8N6O2. The van der Waals surface area contributed by atoms with Crippen LogP contribution >= 0.6 is 0 Å². The van der Waals surface area contributed by atoms with Gasteiger partial charge in [0, 0.05) is 0 Å². The lowest BCUT2D eigenvalue weighted by Crippen LogP contribution is -2.10. The van der Waals surface area contributed by atoms with Crippen molar-refractivity contribution in [1.29, 1.82) is 0 Å². The molecule has 0 bridgehead atoms. The van der Waals surface area contributed by atoms with Crippen LogP contribution in [0.4, 0.5) is 11.6 Å². The number of hydrazine groups is 1. The fraction of sp³-hybridized carbons (Fsp3) is 0.333. The average Bonchev–Trinajstić information content (AvgIpc) is 2.72. The van der Waals surface area contributed by atoms with E-state index in [2.05, 4.69) is 40.7 Å². The molecule has 0 unspecified atom stereocenters. The lowest BCUT2D eigenvalue weighted by molar-refractivity contribution is 0.305. The molecule has 0 fully saturated rings. The van der Waals surface area contributed by atoms with Gasteiger partial charge in [-0.25, -0.2) is 9.26 Å². The Kier molecular flexibility index (Phi) is 2.01. The zero-order valence-corrected chi connectivity index (χ0v) is 7.61. The SMILES string of the molecule is Cc1nonc1NNc1nonc1C. The van der Waals surface area contributed by atoms with E-state index in [4.69, 9.17) is 0 Å². The monoisotopic (exact) mass is 196 g/mol. The summed E-state index contributed by atoms with van der Waals surface area (Å²) in [4.78, 5) is 0. The highest BCUT2D eigenvalue weighted by atomic mass is 16.6. The van der Waals surface area contributed by atoms with Crippen LogP contribution in [-0.2, 0) is 0 Å². The van der Waals surface area contributed by atoms with E-state index < -0.39 is 0 Å². The molecule has 8 heteroatoms. The molecule has 0 spiro atoms. The molecule has 2 aromatic rings. The van der Waals surface area contributed by atoms with Gasteiger partial charge in [-0.05, 0) is 24.2 Å². The summed E-state index contributed by atoms with van der Waals surface area (Å²) in [6, 6.07) is 0. The molecule has 0 radical (unpaired) electrons. The zero-order chi connectivity index (χ0) is 9.97. The number of hydrogen-bond acceptors (Lipinski definition) is 8. The van der Waals surface area contributed by atoms with Crippen LogP contribution in [0.5, 0.6) is 0 Å². The van der Waals surface area contributed by atoms with Crippen LogP contribution in [0.2, 0.25) is 0 Å². The Labute approximate surface area is 78.6 Å². The largest absolute Gasteiger partial charge is 0.278 e. The van der Waals surface area contributed by atoms with Gasteiger partial charge in [0.2, 0.25) is 11.6 Å². The van der Waals surface area contributed by atoms with Crippen molar-refractivity contribution >= 4 is 11.6 Å². The quantitative estimate of drug-likeness (QED) is 0.684. The molecule has 0 aliphatic rings. The maximum Gasteiger partial charge on any atom is 0.212 e. The predicted molar refractivity (Wildman–Crippen MR) is 45.3 cm³/mol. The Balaban J connectivity index is 2.02. The molecule has 8 nitrogen and oxygen atoms in total. The highest BCUT2D eigenvalue weighted by Gasteiger charge is 2.07. The number of nitrogens with one attached hydrogen (secondary N) is 2. The third-order valence-electron chi connectivity index (χ3n) is 1.60. The Morgan fingerprint density at radius 1 is 0.786 bits per heavy atom. The molecule has 74 valence electrons. The minimum absolute atomic E-state index is 0.493. The Morgan fingerprint density at radius 3 is 1.50 bits per heavy atom. The van der Waals surface area contributed by atoms with Crippen molar-refractivity contribution in [3.8, 4) is 0 Å². The van der Waals surface area contributed by atoms with Crippen LogP contribution in [0.1, 0.15) is 11.4 Å². The van der Waals surface area contributed by atoms with Crippen molar-refractivity contribution in [2.75, 3.05) is 10.9 Å². The van der Waals surface area contributed by atoms with Gasteiger partial charge < -0.3 is 0 Å². The maximum atomic E-state index is 4.48. The topological polar surface area (TPSA) is 102 Å². The van der Waals surface area contributed by atoms with Crippen molar-refractivity contribution in [2.24, 2.45) is 0 Å². The molecule has 0 saturated carbocycles. The first-order valence-corrected chi connectivity index (χ1v) is 3.87. The minimum atomic E-state index is 0.493. The molecule has 2 rings (SSSR count). The summed E-state index contributed by atoms with van der Waals surface area (Å²) in [5, 5.41) is 14.4. The summed E-state index contributed by atoms with van der Waals surface area (Å²) in [6.45, 7) is 3.52. The first kappa shape index (κ1) is 8.48. The van der Waals surface area contributed by atoms with Gasteiger partial charge in [0.25, 0.3) is 0 Å². The Morgan fingerprint density at radius 2 is 1.21 bits per heavy atom. The fourth-order valence-corrected chi connectivity index (χ4v) is 0.808. The first-order valence-electron chi connectivity index (χ1n) is 3.87. The number of aryl methyl sites for hydroxylation is 2. The van der Waals surface area contributed by atoms with Gasteiger partial charge in [-0.3, -0.25) is 10.9 Å². The molecule has 0 saturated heterocycles. The molecule has 0 aliphatic carbocycles. The van der Waals surface area contributed by atoms with E-state index in [-0.39, 0.29) is 0 Å². The second-order valence-electron chi connectivity index (χ2n) is 2.65. The van der Waals surface area contributed by atoms with Crippen molar-refractivity contribution in [2.45, 2.75) is 13.8 Å². The summed E-state index contributed by atoms with van der Waals surface area (Å²) >= 11 is 0. The van der Waals surface area contributed by atoms with Crippen LogP contribution in [0, 0.1) is 13.8 Å². The first-order chi connectivity index (χ1) is 6.77. The molecule has 2 N–H and O–H groups in total. The number of rotatable bonds is 3. The average molecular weight is 196 g/mol. The van der Waals surface area contributed by atoms with E-state index in [1.165, 1.54) is 0 Å². The number of aromatic nitrogens is 4. The summed E-state index contributed by atoms with van der Waals surface area (Å²) in [6.07, 6.45) is 0. The normalized spacial score (nSPS) is 10.1. The number of nitrogens with zero attached hydrogens (tertiary/aromatic N) is 4. The maximum absolute atomic E-state index is 4.48. The number of hydrogen-bond donors (Lipinski definition) is 2. The van der Waals surface area contributed by atoms with Crippen LogP contribution in [0.25, 0.3) is 0 Å². The van der Waals surface area contributed by atoms with Gasteiger partial charge in [0.05, 0.1) is 0 Å². The molecule has 0 aromatic carbocycles. The van der Waals surface area contributed by atoms with Gasteiger partial charge in [0.1, 0.15) is 11.4 Å². The van der Waals surface area contributed by atoms with Gasteiger partial charge in [-0.15, -0.1) is 0 Å². The van der Waals surface area contributed by atoms with Gasteiger partial charge in [0.15, 0.2) is 0 Å². The predicted octanol–water partition coefficient (Wildman–Crippen LogP) is 0.508. The van der Waals surface area contributed by atoms with E-state index in [0.29, 0.717) is 23.0 Å². The van der Waals surface area contributed by atoms with Crippen LogP contribution in [0.15, 0.2) is 9.26 Å². The van der Waals surface area contributed by atoms with E-state index in [1.54, 1.807) is 13.8 Å². The molecule has 2 aromatic heterocycles. The van der Waals surface area contributed by atoms with E-state index in [9.17, 15) is 0 Å². The summed E-state index contributed by atoms with van der Waals surface area (Å²) < 4.78 is 8.97. The smallest absolute Gasteiger partial charge is 0.212 e. The molecule has 14 heavy (non-hydrogen) atoms. The highest BCUT2D eigenvalue weighted by Crippen LogP contribution is 2.10. The molecule has 0 atom stereocenters. The van der Waals surface area contributed by atoms with Crippen molar-refractivity contribution < 1.29 is 9.26 Å². The summed E-state index contributed by atoms with van der Waals surface area (Å²) in [5.74, 6) is 0.986. The Hall–Kier alpha value is -2.12.